The summed E-state index contributed by atoms with van der Waals surface area (Å²) >= 11 is 0. The van der Waals surface area contributed by atoms with Crippen LogP contribution in [0.1, 0.15) is 11.3 Å². The molecule has 0 spiro atoms. The molecular formula is C62H38N2O4. The maximum Gasteiger partial charge on any atom is 0.159 e. The van der Waals surface area contributed by atoms with E-state index >= 15 is 0 Å². The Morgan fingerprint density at radius 2 is 0.971 bits per heavy atom. The largest absolute Gasteiger partial charge is 0.460 e. The smallest absolute Gasteiger partial charge is 0.159 e. The topological polar surface area (TPSA) is 59.0 Å². The normalized spacial score (nSPS) is 14.7. The molecule has 320 valence electrons. The first-order chi connectivity index (χ1) is 33.7. The Bertz CT molecular complexity index is 4310. The van der Waals surface area contributed by atoms with Gasteiger partial charge in [0, 0.05) is 78.4 Å². The van der Waals surface area contributed by atoms with Crippen molar-refractivity contribution in [1.29, 1.82) is 0 Å². The summed E-state index contributed by atoms with van der Waals surface area (Å²) < 4.78 is 26.7. The van der Waals surface area contributed by atoms with E-state index in [4.69, 9.17) is 17.7 Å². The summed E-state index contributed by atoms with van der Waals surface area (Å²) in [6.07, 6.45) is 9.94. The van der Waals surface area contributed by atoms with Crippen LogP contribution in [-0.2, 0) is 6.42 Å². The molecule has 1 unspecified atom stereocenters. The van der Waals surface area contributed by atoms with Crippen molar-refractivity contribution < 1.29 is 17.7 Å². The van der Waals surface area contributed by atoms with Gasteiger partial charge in [-0.1, -0.05) is 115 Å². The lowest BCUT2D eigenvalue weighted by Crippen LogP contribution is -2.20. The average Bonchev–Trinajstić information content (AvgIpc) is 4.15. The van der Waals surface area contributed by atoms with Crippen molar-refractivity contribution in [3.05, 3.63) is 229 Å². The van der Waals surface area contributed by atoms with E-state index in [9.17, 15) is 0 Å². The molecule has 0 radical (unpaired) electrons. The van der Waals surface area contributed by atoms with Gasteiger partial charge in [-0.3, -0.25) is 0 Å². The van der Waals surface area contributed by atoms with E-state index in [2.05, 4.69) is 198 Å². The maximum absolute atomic E-state index is 6.80. The fourth-order valence-corrected chi connectivity index (χ4v) is 11.0. The number of fused-ring (bicyclic) bond motifs is 14. The van der Waals surface area contributed by atoms with Gasteiger partial charge in [0.15, 0.2) is 11.2 Å². The molecule has 0 aliphatic heterocycles. The summed E-state index contributed by atoms with van der Waals surface area (Å²) in [6, 6.07) is 65.8. The van der Waals surface area contributed by atoms with Crippen molar-refractivity contribution in [2.24, 2.45) is 5.92 Å². The molecule has 2 aliphatic carbocycles. The van der Waals surface area contributed by atoms with Crippen LogP contribution < -0.4 is 9.80 Å². The van der Waals surface area contributed by atoms with Crippen LogP contribution in [0.3, 0.4) is 0 Å². The molecule has 6 heteroatoms. The van der Waals surface area contributed by atoms with Gasteiger partial charge >= 0.3 is 0 Å². The fourth-order valence-electron chi connectivity index (χ4n) is 11.0. The number of hydrogen-bond acceptors (Lipinski definition) is 6. The third-order valence-corrected chi connectivity index (χ3v) is 14.1. The summed E-state index contributed by atoms with van der Waals surface area (Å²) in [5.74, 6) is 1.12. The lowest BCUT2D eigenvalue weighted by atomic mass is 9.83. The molecule has 2 aliphatic rings. The Morgan fingerprint density at radius 1 is 0.382 bits per heavy atom. The molecular weight excluding hydrogens is 837 g/mol. The van der Waals surface area contributed by atoms with Gasteiger partial charge in [-0.2, -0.15) is 0 Å². The molecule has 6 nitrogen and oxygen atoms in total. The summed E-state index contributed by atoms with van der Waals surface area (Å²) in [6.45, 7) is 0. The third-order valence-electron chi connectivity index (χ3n) is 14.1. The van der Waals surface area contributed by atoms with Gasteiger partial charge in [0.2, 0.25) is 0 Å². The molecule has 0 N–H and O–H groups in total. The van der Waals surface area contributed by atoms with Crippen LogP contribution in [0.2, 0.25) is 0 Å². The standard InChI is InChI=1S/C62H38N2O4/c1-3-13-41(14-4-1)63(53-21-11-19-47-45-17-7-9-23-55(45)67-61(47)53)43-27-25-37-31-49-51-35-60-52(36-59(51)65-57(49)33-39(37)29-43)50-32-38-26-28-44(30-40(38)34-58(50)66-60)64(42-15-5-2-6-16-42)54-22-12-20-48-46-18-8-10-24-56(46)68-62(48)54/h1-33,35-36,40H,34H2. The van der Waals surface area contributed by atoms with Crippen molar-refractivity contribution in [1.82, 2.24) is 0 Å². The Hall–Kier alpha value is -9.00. The van der Waals surface area contributed by atoms with Gasteiger partial charge in [0.05, 0.1) is 11.4 Å². The Morgan fingerprint density at radius 3 is 1.69 bits per heavy atom. The van der Waals surface area contributed by atoms with E-state index in [-0.39, 0.29) is 5.92 Å². The monoisotopic (exact) mass is 874 g/mol. The van der Waals surface area contributed by atoms with Crippen LogP contribution in [0.15, 0.2) is 235 Å². The molecule has 68 heavy (non-hydrogen) atoms. The fraction of sp³-hybridized carbons (Fsp3) is 0.0323. The number of para-hydroxylation sites is 6. The van der Waals surface area contributed by atoms with Crippen molar-refractivity contribution in [3.63, 3.8) is 0 Å². The lowest BCUT2D eigenvalue weighted by molar-refractivity contribution is 0.520. The SMILES string of the molecule is C1=CC(N(c2ccccc2)c2cccc3c2oc2ccccc23)=CC2Cc3oc4cc5c(cc4c3C=C12)oc1cc2cc(N(c3ccccc3)c3cccc4c3oc3ccccc34)ccc2cc15. The van der Waals surface area contributed by atoms with Crippen LogP contribution in [0.25, 0.3) is 93.6 Å². The molecule has 13 aromatic rings. The molecule has 4 heterocycles. The molecule has 0 saturated heterocycles. The van der Waals surface area contributed by atoms with Crippen LogP contribution >= 0.6 is 0 Å². The van der Waals surface area contributed by atoms with Gasteiger partial charge in [-0.25, -0.2) is 0 Å². The van der Waals surface area contributed by atoms with Gasteiger partial charge in [0.25, 0.3) is 0 Å². The molecule has 0 bridgehead atoms. The van der Waals surface area contributed by atoms with E-state index in [0.717, 1.165) is 139 Å². The molecule has 4 aromatic heterocycles. The van der Waals surface area contributed by atoms with Gasteiger partial charge in [-0.15, -0.1) is 0 Å². The first kappa shape index (κ1) is 37.2. The average molecular weight is 875 g/mol. The zero-order valence-corrected chi connectivity index (χ0v) is 36.5. The first-order valence-corrected chi connectivity index (χ1v) is 23.1. The van der Waals surface area contributed by atoms with E-state index in [1.807, 2.05) is 24.3 Å². The van der Waals surface area contributed by atoms with Crippen molar-refractivity contribution in [2.75, 3.05) is 9.80 Å². The maximum atomic E-state index is 6.80. The summed E-state index contributed by atoms with van der Waals surface area (Å²) in [5, 5.41) is 9.79. The minimum Gasteiger partial charge on any atom is -0.460 e. The van der Waals surface area contributed by atoms with Gasteiger partial charge in [-0.05, 0) is 113 Å². The highest BCUT2D eigenvalue weighted by atomic mass is 16.3. The van der Waals surface area contributed by atoms with Crippen LogP contribution in [0.4, 0.5) is 28.4 Å². The van der Waals surface area contributed by atoms with Gasteiger partial charge < -0.3 is 27.5 Å². The van der Waals surface area contributed by atoms with E-state index < -0.39 is 0 Å². The summed E-state index contributed by atoms with van der Waals surface area (Å²) in [4.78, 5) is 4.60. The zero-order chi connectivity index (χ0) is 44.5. The molecule has 0 fully saturated rings. The number of hydrogen-bond donors (Lipinski definition) is 0. The summed E-state index contributed by atoms with van der Waals surface area (Å²) in [7, 11) is 0. The predicted octanol–water partition coefficient (Wildman–Crippen LogP) is 17.6. The number of rotatable bonds is 6. The van der Waals surface area contributed by atoms with Crippen LogP contribution in [-0.4, -0.2) is 0 Å². The molecule has 0 amide bonds. The highest BCUT2D eigenvalue weighted by Crippen LogP contribution is 2.47. The number of furan rings is 4. The number of allylic oxidation sites excluding steroid dienone is 4. The van der Waals surface area contributed by atoms with Crippen molar-refractivity contribution in [2.45, 2.75) is 6.42 Å². The lowest BCUT2D eigenvalue weighted by Gasteiger charge is -2.31. The first-order valence-electron chi connectivity index (χ1n) is 23.1. The second-order valence-electron chi connectivity index (χ2n) is 18.0. The van der Waals surface area contributed by atoms with Crippen molar-refractivity contribution >= 4 is 122 Å². The van der Waals surface area contributed by atoms with E-state index in [1.165, 1.54) is 5.57 Å². The number of nitrogens with zero attached hydrogens (tertiary/aromatic N) is 2. The quantitative estimate of drug-likeness (QED) is 0.166. The van der Waals surface area contributed by atoms with E-state index in [0.29, 0.717) is 0 Å². The van der Waals surface area contributed by atoms with Crippen molar-refractivity contribution in [3.8, 4) is 0 Å². The number of anilines is 5. The van der Waals surface area contributed by atoms with Crippen LogP contribution in [0.5, 0.6) is 0 Å². The predicted molar refractivity (Wildman–Crippen MR) is 278 cm³/mol. The highest BCUT2D eigenvalue weighted by molar-refractivity contribution is 6.15. The second kappa shape index (κ2) is 14.2. The minimum atomic E-state index is 0.133. The van der Waals surface area contributed by atoms with E-state index in [1.54, 1.807) is 0 Å². The minimum absolute atomic E-state index is 0.133. The zero-order valence-electron chi connectivity index (χ0n) is 36.5. The Kier molecular flexibility index (Phi) is 7.80. The Balaban J connectivity index is 0.800. The molecule has 9 aromatic carbocycles. The Labute approximate surface area is 389 Å². The third kappa shape index (κ3) is 5.58. The highest BCUT2D eigenvalue weighted by Gasteiger charge is 2.29. The summed E-state index contributed by atoms with van der Waals surface area (Å²) in [5.41, 5.74) is 14.6. The number of benzene rings is 9. The molecule has 15 rings (SSSR count). The molecule has 1 atom stereocenters. The molecule has 0 saturated carbocycles. The second-order valence-corrected chi connectivity index (χ2v) is 18.0. The van der Waals surface area contributed by atoms with Gasteiger partial charge in [0.1, 0.15) is 33.7 Å². The van der Waals surface area contributed by atoms with Crippen LogP contribution in [0, 0.1) is 5.92 Å².